The van der Waals surface area contributed by atoms with E-state index in [2.05, 4.69) is 91.0 Å². The maximum Gasteiger partial charge on any atom is -0.0103 e. The van der Waals surface area contributed by atoms with Crippen LogP contribution in [-0.4, -0.2) is 0 Å². The fourth-order valence-corrected chi connectivity index (χ4v) is 2.70. The fraction of sp³-hybridized carbons (Fsp3) is 0.524. The molecule has 1 aliphatic carbocycles. The van der Waals surface area contributed by atoms with Gasteiger partial charge in [0.15, 0.2) is 0 Å². The second-order valence-corrected chi connectivity index (χ2v) is 7.34. The van der Waals surface area contributed by atoms with Gasteiger partial charge in [0.05, 0.1) is 0 Å². The van der Waals surface area contributed by atoms with Crippen LogP contribution < -0.4 is 10.4 Å². The van der Waals surface area contributed by atoms with Crippen LogP contribution in [0.2, 0.25) is 0 Å². The molecule has 0 aliphatic heterocycles. The average Bonchev–Trinajstić information content (AvgIpc) is 2.38. The minimum absolute atomic E-state index is 0.241. The maximum atomic E-state index is 2.46. The van der Waals surface area contributed by atoms with Crippen LogP contribution in [0, 0.1) is 24.2 Å². The van der Waals surface area contributed by atoms with Crippen molar-refractivity contribution in [3.8, 4) is 0 Å². The zero-order valence-corrected chi connectivity index (χ0v) is 14.9. The maximum absolute atomic E-state index is 2.46. The molecule has 21 heavy (non-hydrogen) atoms. The van der Waals surface area contributed by atoms with Crippen LogP contribution in [-0.2, 0) is 0 Å². The molecular weight excluding hydrogens is 252 g/mol. The van der Waals surface area contributed by atoms with Crippen molar-refractivity contribution < 1.29 is 0 Å². The topological polar surface area (TPSA) is 0 Å². The van der Waals surface area contributed by atoms with Crippen LogP contribution in [0.4, 0.5) is 0 Å². The van der Waals surface area contributed by atoms with Gasteiger partial charge < -0.3 is 0 Å². The molecule has 1 atom stereocenters. The van der Waals surface area contributed by atoms with Gasteiger partial charge in [-0.05, 0) is 53.5 Å². The first-order chi connectivity index (χ1) is 9.77. The molecule has 2 rings (SSSR count). The highest BCUT2D eigenvalue weighted by Crippen LogP contribution is 2.33. The summed E-state index contributed by atoms with van der Waals surface area (Å²) in [6.45, 7) is 15.5. The van der Waals surface area contributed by atoms with E-state index in [1.165, 1.54) is 16.0 Å². The Labute approximate surface area is 131 Å². The van der Waals surface area contributed by atoms with Crippen LogP contribution in [0.1, 0.15) is 53.5 Å². The summed E-state index contributed by atoms with van der Waals surface area (Å²) < 4.78 is 0. The van der Waals surface area contributed by atoms with Crippen molar-refractivity contribution in [3.63, 3.8) is 0 Å². The van der Waals surface area contributed by atoms with E-state index in [9.17, 15) is 0 Å². The second-order valence-electron chi connectivity index (χ2n) is 7.34. The molecule has 1 aromatic carbocycles. The van der Waals surface area contributed by atoms with Gasteiger partial charge in [0.1, 0.15) is 0 Å². The third-order valence-electron chi connectivity index (χ3n) is 3.87. The zero-order chi connectivity index (χ0) is 16.0. The Balaban J connectivity index is 0.000000491. The average molecular weight is 284 g/mol. The van der Waals surface area contributed by atoms with Gasteiger partial charge in [-0.2, -0.15) is 0 Å². The summed E-state index contributed by atoms with van der Waals surface area (Å²) in [6.07, 6.45) is 10.5. The van der Waals surface area contributed by atoms with Crippen LogP contribution in [0.15, 0.2) is 30.4 Å². The van der Waals surface area contributed by atoms with E-state index in [0.29, 0.717) is 5.92 Å². The molecule has 0 radical (unpaired) electrons. The van der Waals surface area contributed by atoms with E-state index in [-0.39, 0.29) is 5.41 Å². The van der Waals surface area contributed by atoms with Crippen molar-refractivity contribution in [1.82, 2.24) is 0 Å². The van der Waals surface area contributed by atoms with E-state index in [1.807, 2.05) is 0 Å². The molecule has 0 N–H and O–H groups in total. The van der Waals surface area contributed by atoms with Crippen molar-refractivity contribution >= 4 is 12.2 Å². The van der Waals surface area contributed by atoms with Gasteiger partial charge in [-0.25, -0.2) is 0 Å². The SMILES string of the molecule is CC(C)C.CC=CC(C)(C)C1C=c2c(C)cccc2=CC1. The minimum atomic E-state index is 0.241. The number of hydrogen-bond donors (Lipinski definition) is 0. The van der Waals surface area contributed by atoms with Gasteiger partial charge in [-0.3, -0.25) is 0 Å². The van der Waals surface area contributed by atoms with Gasteiger partial charge in [0.2, 0.25) is 0 Å². The summed E-state index contributed by atoms with van der Waals surface area (Å²) in [5, 5.41) is 2.83. The second kappa shape index (κ2) is 7.64. The molecule has 1 unspecified atom stereocenters. The van der Waals surface area contributed by atoms with Crippen molar-refractivity contribution in [2.45, 2.75) is 54.9 Å². The number of fused-ring (bicyclic) bond motifs is 1. The zero-order valence-electron chi connectivity index (χ0n) is 14.9. The van der Waals surface area contributed by atoms with Crippen LogP contribution in [0.3, 0.4) is 0 Å². The van der Waals surface area contributed by atoms with E-state index >= 15 is 0 Å². The fourth-order valence-electron chi connectivity index (χ4n) is 2.70. The van der Waals surface area contributed by atoms with Gasteiger partial charge >= 0.3 is 0 Å². The first-order valence-corrected chi connectivity index (χ1v) is 8.19. The largest absolute Gasteiger partial charge is 0.0911 e. The molecule has 0 saturated heterocycles. The monoisotopic (exact) mass is 284 g/mol. The number of aryl methyl sites for hydroxylation is 1. The van der Waals surface area contributed by atoms with Gasteiger partial charge in [-0.15, -0.1) is 0 Å². The predicted molar refractivity (Wildman–Crippen MR) is 96.6 cm³/mol. The molecule has 0 saturated carbocycles. The molecule has 116 valence electrons. The van der Waals surface area contributed by atoms with E-state index < -0.39 is 0 Å². The molecular formula is C21H32. The first kappa shape index (κ1) is 17.8. The highest BCUT2D eigenvalue weighted by atomic mass is 14.3. The Morgan fingerprint density at radius 2 is 1.81 bits per heavy atom. The Morgan fingerprint density at radius 3 is 2.38 bits per heavy atom. The van der Waals surface area contributed by atoms with E-state index in [1.54, 1.807) is 0 Å². The molecule has 1 aliphatic rings. The third kappa shape index (κ3) is 5.19. The molecule has 1 aromatic rings. The Hall–Kier alpha value is -1.30. The molecule has 0 heteroatoms. The molecule has 0 bridgehead atoms. The summed E-state index contributed by atoms with van der Waals surface area (Å²) >= 11 is 0. The molecule has 0 nitrogen and oxygen atoms in total. The van der Waals surface area contributed by atoms with Crippen molar-refractivity contribution in [3.05, 3.63) is 46.4 Å². The quantitative estimate of drug-likeness (QED) is 0.682. The lowest BCUT2D eigenvalue weighted by Gasteiger charge is -2.30. The highest BCUT2D eigenvalue weighted by molar-refractivity contribution is 5.44. The predicted octanol–water partition coefficient (Wildman–Crippen LogP) is 4.84. The van der Waals surface area contributed by atoms with Gasteiger partial charge in [-0.1, -0.05) is 77.1 Å². The van der Waals surface area contributed by atoms with E-state index in [0.717, 1.165) is 12.3 Å². The first-order valence-electron chi connectivity index (χ1n) is 8.19. The van der Waals surface area contributed by atoms with Crippen LogP contribution in [0.25, 0.3) is 12.2 Å². The summed E-state index contributed by atoms with van der Waals surface area (Å²) in [4.78, 5) is 0. The highest BCUT2D eigenvalue weighted by Gasteiger charge is 2.25. The standard InChI is InChI=1S/C17H22.C4H10/c1-5-11-17(3,4)15-10-9-14-8-6-7-13(2)16(14)12-15;1-4(2)3/h5-9,11-12,15H,10H2,1-4H3;4H,1-3H3. The van der Waals surface area contributed by atoms with E-state index in [4.69, 9.17) is 0 Å². The Morgan fingerprint density at radius 1 is 1.19 bits per heavy atom. The molecule has 0 heterocycles. The van der Waals surface area contributed by atoms with Gasteiger partial charge in [0.25, 0.3) is 0 Å². The van der Waals surface area contributed by atoms with Crippen LogP contribution in [0.5, 0.6) is 0 Å². The lowest BCUT2D eigenvalue weighted by atomic mass is 9.74. The number of hydrogen-bond acceptors (Lipinski definition) is 0. The lowest BCUT2D eigenvalue weighted by molar-refractivity contribution is 0.366. The lowest BCUT2D eigenvalue weighted by Crippen LogP contribution is -2.34. The summed E-state index contributed by atoms with van der Waals surface area (Å²) in [7, 11) is 0. The normalized spacial score (nSPS) is 17.6. The number of benzene rings is 1. The molecule has 0 aromatic heterocycles. The Bertz CT molecular complexity index is 582. The molecule has 0 spiro atoms. The number of allylic oxidation sites excluding steroid dienone is 2. The van der Waals surface area contributed by atoms with Crippen LogP contribution >= 0.6 is 0 Å². The third-order valence-corrected chi connectivity index (χ3v) is 3.87. The summed E-state index contributed by atoms with van der Waals surface area (Å²) in [5.74, 6) is 1.44. The van der Waals surface area contributed by atoms with Crippen molar-refractivity contribution in [2.75, 3.05) is 0 Å². The Kier molecular flexibility index (Phi) is 6.45. The van der Waals surface area contributed by atoms with Crippen molar-refractivity contribution in [1.29, 1.82) is 0 Å². The van der Waals surface area contributed by atoms with Gasteiger partial charge in [0, 0.05) is 0 Å². The molecule has 0 amide bonds. The summed E-state index contributed by atoms with van der Waals surface area (Å²) in [5.41, 5.74) is 1.63. The summed E-state index contributed by atoms with van der Waals surface area (Å²) in [6, 6.07) is 6.57. The van der Waals surface area contributed by atoms with Crippen molar-refractivity contribution in [2.24, 2.45) is 17.3 Å². The smallest absolute Gasteiger partial charge is 0.0103 e. The number of rotatable bonds is 2. The molecule has 0 fully saturated rings. The minimum Gasteiger partial charge on any atom is -0.0911 e.